The number of nitrogens with zero attached hydrogens (tertiary/aromatic N) is 4. The Hall–Kier alpha value is -5.72. The van der Waals surface area contributed by atoms with Gasteiger partial charge in [-0.1, -0.05) is 87.5 Å². The van der Waals surface area contributed by atoms with Crippen molar-refractivity contribution in [3.8, 4) is 22.6 Å². The SMILES string of the molecule is CC(C)(C)c1ccc2c(c1)oc1cnc(-c3ccc4c5cccc6c7ccc(-c8nccc9sc%10ccccc%10c89)cc7n(c4c3)c65)n12. The molecule has 0 aliphatic carbocycles. The third-order valence-corrected chi connectivity index (χ3v) is 11.3. The second-order valence-electron chi connectivity index (χ2n) is 13.9. The van der Waals surface area contributed by atoms with Crippen LogP contribution in [0.5, 0.6) is 0 Å². The fourth-order valence-corrected chi connectivity index (χ4v) is 8.96. The molecule has 228 valence electrons. The van der Waals surface area contributed by atoms with Gasteiger partial charge in [-0.2, -0.15) is 0 Å². The van der Waals surface area contributed by atoms with Crippen LogP contribution in [0.15, 0.2) is 120 Å². The van der Waals surface area contributed by atoms with Gasteiger partial charge in [-0.15, -0.1) is 11.3 Å². The maximum atomic E-state index is 6.32. The van der Waals surface area contributed by atoms with Crippen LogP contribution in [0.2, 0.25) is 0 Å². The van der Waals surface area contributed by atoms with Crippen LogP contribution in [0.4, 0.5) is 0 Å². The Labute approximate surface area is 278 Å². The van der Waals surface area contributed by atoms with Crippen molar-refractivity contribution in [1.82, 2.24) is 18.8 Å². The number of pyridine rings is 1. The summed E-state index contributed by atoms with van der Waals surface area (Å²) in [6, 6.07) is 37.6. The zero-order valence-corrected chi connectivity index (χ0v) is 27.4. The highest BCUT2D eigenvalue weighted by Crippen LogP contribution is 2.43. The van der Waals surface area contributed by atoms with Crippen LogP contribution in [-0.2, 0) is 5.41 Å². The van der Waals surface area contributed by atoms with Gasteiger partial charge in [0, 0.05) is 59.0 Å². The lowest BCUT2D eigenvalue weighted by molar-refractivity contribution is 0.587. The third-order valence-electron chi connectivity index (χ3n) is 10.1. The van der Waals surface area contributed by atoms with Crippen LogP contribution in [0, 0.1) is 0 Å². The first-order valence-corrected chi connectivity index (χ1v) is 17.1. The van der Waals surface area contributed by atoms with E-state index in [1.165, 1.54) is 58.3 Å². The van der Waals surface area contributed by atoms with E-state index in [9.17, 15) is 0 Å². The molecule has 6 heteroatoms. The van der Waals surface area contributed by atoms with Crippen molar-refractivity contribution in [2.45, 2.75) is 26.2 Å². The van der Waals surface area contributed by atoms with E-state index >= 15 is 0 Å². The van der Waals surface area contributed by atoms with Crippen LogP contribution in [-0.4, -0.2) is 18.8 Å². The lowest BCUT2D eigenvalue weighted by Gasteiger charge is -2.18. The minimum absolute atomic E-state index is 0.0382. The number of rotatable bonds is 2. The van der Waals surface area contributed by atoms with Crippen molar-refractivity contribution in [2.24, 2.45) is 0 Å². The van der Waals surface area contributed by atoms with Gasteiger partial charge in [0.25, 0.3) is 0 Å². The van der Waals surface area contributed by atoms with Gasteiger partial charge in [0.15, 0.2) is 5.58 Å². The fraction of sp³-hybridized carbons (Fsp3) is 0.0952. The molecule has 0 spiro atoms. The van der Waals surface area contributed by atoms with E-state index in [1.807, 2.05) is 23.7 Å². The predicted octanol–water partition coefficient (Wildman–Crippen LogP) is 11.6. The molecular formula is C42H28N4OS. The standard InChI is InChI=1S/C42H28N4OS/c1-42(2,3)25-13-16-31-34(21-25)47-37-22-44-41(46(31)37)24-12-15-27-29-9-6-8-28-26-14-11-23(19-32(26)45(40(28)29)33(27)20-24)39-38-30-7-4-5-10-35(30)48-36(38)17-18-43-39/h4-22H,1-3H3. The average Bonchev–Trinajstić information content (AvgIpc) is 3.90. The Morgan fingerprint density at radius 2 is 1.38 bits per heavy atom. The molecule has 11 aromatic rings. The van der Waals surface area contributed by atoms with E-state index in [-0.39, 0.29) is 5.41 Å². The molecule has 0 unspecified atom stereocenters. The lowest BCUT2D eigenvalue weighted by Crippen LogP contribution is -2.10. The van der Waals surface area contributed by atoms with Gasteiger partial charge < -0.3 is 8.82 Å². The van der Waals surface area contributed by atoms with Crippen molar-refractivity contribution < 1.29 is 4.42 Å². The van der Waals surface area contributed by atoms with E-state index in [0.29, 0.717) is 0 Å². The predicted molar refractivity (Wildman–Crippen MR) is 200 cm³/mol. The third kappa shape index (κ3) is 3.40. The van der Waals surface area contributed by atoms with Crippen molar-refractivity contribution in [3.63, 3.8) is 0 Å². The zero-order chi connectivity index (χ0) is 31.9. The van der Waals surface area contributed by atoms with Crippen LogP contribution < -0.4 is 0 Å². The number of para-hydroxylation sites is 1. The highest BCUT2D eigenvalue weighted by atomic mass is 32.1. The topological polar surface area (TPSA) is 47.7 Å². The van der Waals surface area contributed by atoms with Crippen molar-refractivity contribution in [1.29, 1.82) is 0 Å². The molecule has 5 nitrogen and oxygen atoms in total. The second-order valence-corrected chi connectivity index (χ2v) is 15.0. The van der Waals surface area contributed by atoms with E-state index in [1.54, 1.807) is 0 Å². The lowest BCUT2D eigenvalue weighted by atomic mass is 9.87. The van der Waals surface area contributed by atoms with E-state index < -0.39 is 0 Å². The van der Waals surface area contributed by atoms with Gasteiger partial charge in [-0.3, -0.25) is 9.38 Å². The number of fused-ring (bicyclic) bond motifs is 12. The first-order valence-electron chi connectivity index (χ1n) is 16.3. The van der Waals surface area contributed by atoms with Crippen LogP contribution in [0.25, 0.3) is 97.7 Å². The summed E-state index contributed by atoms with van der Waals surface area (Å²) >= 11 is 1.83. The summed E-state index contributed by atoms with van der Waals surface area (Å²) in [5.41, 5.74) is 10.7. The molecule has 48 heavy (non-hydrogen) atoms. The Bertz CT molecular complexity index is 3110. The molecule has 5 aromatic carbocycles. The van der Waals surface area contributed by atoms with E-state index in [0.717, 1.165) is 45.0 Å². The summed E-state index contributed by atoms with van der Waals surface area (Å²) in [5, 5.41) is 7.48. The number of hydrogen-bond donors (Lipinski definition) is 0. The number of imidazole rings is 1. The van der Waals surface area contributed by atoms with Gasteiger partial charge in [0.1, 0.15) is 5.82 Å². The first-order chi connectivity index (χ1) is 23.4. The van der Waals surface area contributed by atoms with Crippen LogP contribution >= 0.6 is 11.3 Å². The largest absolute Gasteiger partial charge is 0.437 e. The van der Waals surface area contributed by atoms with Crippen molar-refractivity contribution in [2.75, 3.05) is 0 Å². The molecular weight excluding hydrogens is 609 g/mol. The molecule has 0 saturated heterocycles. The van der Waals surface area contributed by atoms with Crippen LogP contribution in [0.3, 0.4) is 0 Å². The van der Waals surface area contributed by atoms with Gasteiger partial charge in [0.2, 0.25) is 5.71 Å². The maximum Gasteiger partial charge on any atom is 0.225 e. The number of hydrogen-bond acceptors (Lipinski definition) is 4. The molecule has 0 atom stereocenters. The number of thiophene rings is 1. The molecule has 6 heterocycles. The summed E-state index contributed by atoms with van der Waals surface area (Å²) in [5.74, 6) is 0.875. The molecule has 6 aromatic heterocycles. The summed E-state index contributed by atoms with van der Waals surface area (Å²) in [6.45, 7) is 6.68. The van der Waals surface area contributed by atoms with Crippen molar-refractivity contribution >= 4 is 86.4 Å². The van der Waals surface area contributed by atoms with E-state index in [2.05, 4.69) is 133 Å². The number of oxazole rings is 1. The average molecular weight is 637 g/mol. The van der Waals surface area contributed by atoms with Gasteiger partial charge in [-0.25, -0.2) is 4.98 Å². The second kappa shape index (κ2) is 9.00. The zero-order valence-electron chi connectivity index (χ0n) is 26.6. The monoisotopic (exact) mass is 636 g/mol. The Balaban J connectivity index is 1.17. The molecule has 0 radical (unpaired) electrons. The van der Waals surface area contributed by atoms with Gasteiger partial charge in [0.05, 0.1) is 34.0 Å². The molecule has 0 aliphatic rings. The Morgan fingerprint density at radius 1 is 0.625 bits per heavy atom. The summed E-state index contributed by atoms with van der Waals surface area (Å²) in [7, 11) is 0. The minimum Gasteiger partial charge on any atom is -0.437 e. The summed E-state index contributed by atoms with van der Waals surface area (Å²) in [4.78, 5) is 9.84. The minimum atomic E-state index is 0.0382. The summed E-state index contributed by atoms with van der Waals surface area (Å²) < 4.78 is 13.5. The Kier molecular flexibility index (Phi) is 4.94. The van der Waals surface area contributed by atoms with Gasteiger partial charge >= 0.3 is 0 Å². The highest BCUT2D eigenvalue weighted by Gasteiger charge is 2.22. The molecule has 0 aliphatic heterocycles. The Morgan fingerprint density at radius 3 is 2.19 bits per heavy atom. The molecule has 0 N–H and O–H groups in total. The van der Waals surface area contributed by atoms with E-state index in [4.69, 9.17) is 14.4 Å². The molecule has 0 fully saturated rings. The fourth-order valence-electron chi connectivity index (χ4n) is 7.86. The number of benzene rings is 5. The quantitative estimate of drug-likeness (QED) is 0.190. The summed E-state index contributed by atoms with van der Waals surface area (Å²) in [6.07, 6.45) is 3.78. The molecule has 11 rings (SSSR count). The molecule has 0 amide bonds. The highest BCUT2D eigenvalue weighted by molar-refractivity contribution is 7.25. The first kappa shape index (κ1) is 26.4. The van der Waals surface area contributed by atoms with Crippen molar-refractivity contribution in [3.05, 3.63) is 121 Å². The number of aromatic nitrogens is 4. The maximum absolute atomic E-state index is 6.32. The molecule has 0 saturated carbocycles. The van der Waals surface area contributed by atoms with Crippen LogP contribution in [0.1, 0.15) is 26.3 Å². The molecule has 0 bridgehead atoms. The van der Waals surface area contributed by atoms with Gasteiger partial charge in [-0.05, 0) is 47.4 Å². The smallest absolute Gasteiger partial charge is 0.225 e. The normalized spacial score (nSPS) is 12.9.